The molecule has 0 saturated carbocycles. The van der Waals surface area contributed by atoms with Gasteiger partial charge < -0.3 is 20.7 Å². The normalized spacial score (nSPS) is 11.4. The van der Waals surface area contributed by atoms with Crippen molar-refractivity contribution in [1.29, 1.82) is 0 Å². The Labute approximate surface area is 182 Å². The second kappa shape index (κ2) is 10.1. The number of anilines is 3. The average molecular weight is 444 g/mol. The molecule has 10 heteroatoms. The molecule has 0 aliphatic rings. The van der Waals surface area contributed by atoms with Gasteiger partial charge in [-0.25, -0.2) is 0 Å². The molecule has 1 atom stereocenters. The zero-order valence-electron chi connectivity index (χ0n) is 16.6. The maximum atomic E-state index is 12.5. The second-order valence-electron chi connectivity index (χ2n) is 6.10. The van der Waals surface area contributed by atoms with Gasteiger partial charge in [0.15, 0.2) is 4.34 Å². The van der Waals surface area contributed by atoms with Gasteiger partial charge in [0.05, 0.1) is 18.0 Å². The average Bonchev–Trinajstić information content (AvgIpc) is 3.22. The number of ether oxygens (including phenoxy) is 1. The summed E-state index contributed by atoms with van der Waals surface area (Å²) < 4.78 is 5.96. The van der Waals surface area contributed by atoms with Crippen molar-refractivity contribution in [2.75, 3.05) is 30.1 Å². The number of hydrogen-bond acceptors (Lipinski definition) is 8. The van der Waals surface area contributed by atoms with Gasteiger partial charge in [-0.1, -0.05) is 35.2 Å². The fourth-order valence-electron chi connectivity index (χ4n) is 2.45. The van der Waals surface area contributed by atoms with E-state index in [1.807, 2.05) is 12.1 Å². The molecule has 3 rings (SSSR count). The van der Waals surface area contributed by atoms with Crippen LogP contribution in [0.25, 0.3) is 0 Å². The Hall–Kier alpha value is -3.11. The highest BCUT2D eigenvalue weighted by atomic mass is 32.2. The van der Waals surface area contributed by atoms with E-state index in [2.05, 4.69) is 26.1 Å². The molecule has 0 saturated heterocycles. The lowest BCUT2D eigenvalue weighted by Gasteiger charge is -2.12. The van der Waals surface area contributed by atoms with Crippen LogP contribution in [0.2, 0.25) is 0 Å². The Balaban J connectivity index is 1.58. The third-order valence-corrected chi connectivity index (χ3v) is 6.16. The SMILES string of the molecule is CNc1nnc(S[C@H](C)C(=O)Nc2ccc(C(=O)Nc3ccccc3OC)cc2)s1. The van der Waals surface area contributed by atoms with Crippen molar-refractivity contribution in [2.24, 2.45) is 0 Å². The summed E-state index contributed by atoms with van der Waals surface area (Å²) in [5, 5.41) is 16.9. The first-order chi connectivity index (χ1) is 14.5. The molecule has 3 N–H and O–H groups in total. The number of carbonyl (C=O) groups is 2. The van der Waals surface area contributed by atoms with Crippen LogP contribution in [0, 0.1) is 0 Å². The zero-order valence-corrected chi connectivity index (χ0v) is 18.3. The molecule has 0 radical (unpaired) electrons. The van der Waals surface area contributed by atoms with Crippen LogP contribution in [-0.4, -0.2) is 41.4 Å². The molecule has 8 nitrogen and oxygen atoms in total. The van der Waals surface area contributed by atoms with E-state index in [4.69, 9.17) is 4.74 Å². The minimum atomic E-state index is -0.351. The van der Waals surface area contributed by atoms with Crippen molar-refractivity contribution in [2.45, 2.75) is 16.5 Å². The molecule has 1 aromatic heterocycles. The number of methoxy groups -OCH3 is 1. The number of rotatable bonds is 8. The largest absolute Gasteiger partial charge is 0.495 e. The predicted octanol–water partition coefficient (Wildman–Crippen LogP) is 3.96. The van der Waals surface area contributed by atoms with Crippen LogP contribution in [0.4, 0.5) is 16.5 Å². The molecule has 156 valence electrons. The number of hydrogen-bond donors (Lipinski definition) is 3. The van der Waals surface area contributed by atoms with Gasteiger partial charge in [0.2, 0.25) is 11.0 Å². The molecule has 0 fully saturated rings. The number of benzene rings is 2. The number of nitrogens with one attached hydrogen (secondary N) is 3. The van der Waals surface area contributed by atoms with Gasteiger partial charge in [0.25, 0.3) is 5.91 Å². The standard InChI is InChI=1S/C20H21N5O3S2/c1-12(29-20-25-24-19(21-2)30-20)17(26)22-14-10-8-13(9-11-14)18(27)23-15-6-4-5-7-16(15)28-3/h4-12H,1-3H3,(H,21,24)(H,22,26)(H,23,27)/t12-/m1/s1. The van der Waals surface area contributed by atoms with Gasteiger partial charge in [0.1, 0.15) is 5.75 Å². The fraction of sp³-hybridized carbons (Fsp3) is 0.200. The summed E-state index contributed by atoms with van der Waals surface area (Å²) in [4.78, 5) is 24.9. The molecule has 0 aliphatic carbocycles. The summed E-state index contributed by atoms with van der Waals surface area (Å²) in [5.74, 6) is 0.156. The van der Waals surface area contributed by atoms with E-state index in [1.54, 1.807) is 57.5 Å². The van der Waals surface area contributed by atoms with Crippen molar-refractivity contribution in [1.82, 2.24) is 10.2 Å². The van der Waals surface area contributed by atoms with E-state index >= 15 is 0 Å². The highest BCUT2D eigenvalue weighted by Crippen LogP contribution is 2.29. The zero-order chi connectivity index (χ0) is 21.5. The molecular weight excluding hydrogens is 422 g/mol. The first-order valence-electron chi connectivity index (χ1n) is 9.03. The van der Waals surface area contributed by atoms with Gasteiger partial charge in [-0.05, 0) is 43.3 Å². The number of carbonyl (C=O) groups excluding carboxylic acids is 2. The molecular formula is C20H21N5O3S2. The van der Waals surface area contributed by atoms with E-state index in [9.17, 15) is 9.59 Å². The lowest BCUT2D eigenvalue weighted by molar-refractivity contribution is -0.115. The van der Waals surface area contributed by atoms with E-state index in [0.29, 0.717) is 32.2 Å². The lowest BCUT2D eigenvalue weighted by Crippen LogP contribution is -2.22. The summed E-state index contributed by atoms with van der Waals surface area (Å²) in [6.45, 7) is 1.80. The summed E-state index contributed by atoms with van der Waals surface area (Å²) in [5.41, 5.74) is 1.66. The number of thioether (sulfide) groups is 1. The molecule has 0 unspecified atom stereocenters. The lowest BCUT2D eigenvalue weighted by atomic mass is 10.2. The van der Waals surface area contributed by atoms with Crippen molar-refractivity contribution in [3.63, 3.8) is 0 Å². The van der Waals surface area contributed by atoms with Gasteiger partial charge in [-0.15, -0.1) is 10.2 Å². The van der Waals surface area contributed by atoms with Crippen LogP contribution in [0.5, 0.6) is 5.75 Å². The highest BCUT2D eigenvalue weighted by molar-refractivity contribution is 8.02. The Morgan fingerprint density at radius 1 is 1.07 bits per heavy atom. The number of aromatic nitrogens is 2. The van der Waals surface area contributed by atoms with Crippen molar-refractivity contribution in [3.8, 4) is 5.75 Å². The minimum absolute atomic E-state index is 0.160. The Morgan fingerprint density at radius 3 is 2.47 bits per heavy atom. The van der Waals surface area contributed by atoms with Crippen LogP contribution in [0.15, 0.2) is 52.9 Å². The van der Waals surface area contributed by atoms with Gasteiger partial charge in [-0.3, -0.25) is 9.59 Å². The van der Waals surface area contributed by atoms with Gasteiger partial charge >= 0.3 is 0 Å². The van der Waals surface area contributed by atoms with E-state index in [-0.39, 0.29) is 17.1 Å². The molecule has 1 heterocycles. The Kier molecular flexibility index (Phi) is 7.26. The maximum Gasteiger partial charge on any atom is 0.255 e. The van der Waals surface area contributed by atoms with E-state index in [1.165, 1.54) is 23.1 Å². The summed E-state index contributed by atoms with van der Waals surface area (Å²) in [7, 11) is 3.32. The van der Waals surface area contributed by atoms with Crippen molar-refractivity contribution in [3.05, 3.63) is 54.1 Å². The van der Waals surface area contributed by atoms with E-state index < -0.39 is 0 Å². The molecule has 0 spiro atoms. The third-order valence-electron chi connectivity index (χ3n) is 4.04. The summed E-state index contributed by atoms with van der Waals surface area (Å²) in [6, 6.07) is 13.9. The van der Waals surface area contributed by atoms with Crippen LogP contribution in [0.3, 0.4) is 0 Å². The first-order valence-corrected chi connectivity index (χ1v) is 10.7. The minimum Gasteiger partial charge on any atom is -0.495 e. The molecule has 30 heavy (non-hydrogen) atoms. The maximum absolute atomic E-state index is 12.5. The Morgan fingerprint density at radius 2 is 1.80 bits per heavy atom. The number of para-hydroxylation sites is 2. The first kappa shape index (κ1) is 21.6. The number of nitrogens with zero attached hydrogens (tertiary/aromatic N) is 2. The fourth-order valence-corrected chi connectivity index (χ4v) is 4.30. The van der Waals surface area contributed by atoms with Crippen molar-refractivity contribution < 1.29 is 14.3 Å². The van der Waals surface area contributed by atoms with Crippen LogP contribution in [-0.2, 0) is 4.79 Å². The third kappa shape index (κ3) is 5.49. The summed E-state index contributed by atoms with van der Waals surface area (Å²) >= 11 is 2.73. The second-order valence-corrected chi connectivity index (χ2v) is 8.67. The van der Waals surface area contributed by atoms with E-state index in [0.717, 1.165) is 0 Å². The number of amides is 2. The smallest absolute Gasteiger partial charge is 0.255 e. The predicted molar refractivity (Wildman–Crippen MR) is 121 cm³/mol. The van der Waals surface area contributed by atoms with Crippen LogP contribution >= 0.6 is 23.1 Å². The topological polar surface area (TPSA) is 105 Å². The van der Waals surface area contributed by atoms with Crippen LogP contribution < -0.4 is 20.7 Å². The monoisotopic (exact) mass is 443 g/mol. The molecule has 2 aromatic carbocycles. The van der Waals surface area contributed by atoms with Crippen molar-refractivity contribution >= 4 is 51.4 Å². The quantitative estimate of drug-likeness (QED) is 0.453. The molecule has 0 bridgehead atoms. The van der Waals surface area contributed by atoms with Crippen LogP contribution in [0.1, 0.15) is 17.3 Å². The summed E-state index contributed by atoms with van der Waals surface area (Å²) in [6.07, 6.45) is 0. The highest BCUT2D eigenvalue weighted by Gasteiger charge is 2.17. The van der Waals surface area contributed by atoms with Gasteiger partial charge in [0, 0.05) is 18.3 Å². The van der Waals surface area contributed by atoms with Gasteiger partial charge in [-0.2, -0.15) is 0 Å². The molecule has 3 aromatic rings. The molecule has 2 amide bonds. The Bertz CT molecular complexity index is 1020. The molecule has 0 aliphatic heterocycles.